The van der Waals surface area contributed by atoms with Crippen LogP contribution in [-0.4, -0.2) is 12.0 Å². The van der Waals surface area contributed by atoms with E-state index in [-0.39, 0.29) is 5.92 Å². The Morgan fingerprint density at radius 1 is 1.04 bits per heavy atom. The van der Waals surface area contributed by atoms with Gasteiger partial charge in [0.15, 0.2) is 0 Å². The molecule has 2 nitrogen and oxygen atoms in total. The molecule has 134 valence electrons. The lowest BCUT2D eigenvalue weighted by molar-refractivity contribution is -0.122. The highest BCUT2D eigenvalue weighted by molar-refractivity contribution is 5.85. The minimum Gasteiger partial charge on any atom is -0.299 e. The number of Topliss-reactive ketones (excluding diaryl/α,β-unsaturated/α-hetero) is 1. The molecule has 2 heteroatoms. The Kier molecular flexibility index (Phi) is 16.4. The van der Waals surface area contributed by atoms with Crippen LogP contribution in [0.4, 0.5) is 0 Å². The second kappa shape index (κ2) is 15.7. The third-order valence-electron chi connectivity index (χ3n) is 3.97. The van der Waals surface area contributed by atoms with E-state index in [0.717, 1.165) is 18.5 Å². The average molecular weight is 322 g/mol. The maximum absolute atomic E-state index is 12.3. The second-order valence-electron chi connectivity index (χ2n) is 5.69. The lowest BCUT2D eigenvalue weighted by Gasteiger charge is -2.20. The van der Waals surface area contributed by atoms with Gasteiger partial charge in [-0.2, -0.15) is 0 Å². The summed E-state index contributed by atoms with van der Waals surface area (Å²) in [6.45, 7) is 16.5. The van der Waals surface area contributed by atoms with Crippen molar-refractivity contribution in [3.63, 3.8) is 0 Å². The van der Waals surface area contributed by atoms with E-state index in [0.29, 0.717) is 18.1 Å². The molecule has 0 saturated carbocycles. The summed E-state index contributed by atoms with van der Waals surface area (Å²) in [6, 6.07) is 0. The quantitative estimate of drug-likeness (QED) is 0.408. The van der Waals surface area contributed by atoms with Crippen LogP contribution in [0.1, 0.15) is 87.5 Å². The SMILES string of the molecule is CC.C\C=C(/C=N/C(=C/C)C(CC(C)CCC)C(=O)CC)CC. The molecule has 0 radical (unpaired) electrons. The molecule has 2 atom stereocenters. The molecule has 0 heterocycles. The van der Waals surface area contributed by atoms with Gasteiger partial charge in [-0.05, 0) is 38.2 Å². The fraction of sp³-hybridized carbons (Fsp3) is 0.714. The van der Waals surface area contributed by atoms with Gasteiger partial charge in [-0.3, -0.25) is 9.79 Å². The molecule has 2 unspecified atom stereocenters. The maximum atomic E-state index is 12.3. The van der Waals surface area contributed by atoms with Crippen LogP contribution in [0.2, 0.25) is 0 Å². The number of aliphatic imine (C=N–C) groups is 1. The first-order chi connectivity index (χ1) is 11.0. The first kappa shape index (κ1) is 24.1. The van der Waals surface area contributed by atoms with Gasteiger partial charge in [-0.25, -0.2) is 0 Å². The summed E-state index contributed by atoms with van der Waals surface area (Å²) in [5, 5.41) is 0. The molecule has 0 aliphatic carbocycles. The minimum atomic E-state index is -0.0484. The molecule has 23 heavy (non-hydrogen) atoms. The van der Waals surface area contributed by atoms with Crippen molar-refractivity contribution in [1.29, 1.82) is 0 Å². The van der Waals surface area contributed by atoms with E-state index in [1.54, 1.807) is 0 Å². The second-order valence-corrected chi connectivity index (χ2v) is 5.69. The topological polar surface area (TPSA) is 29.4 Å². The largest absolute Gasteiger partial charge is 0.299 e. The standard InChI is InChI=1S/C19H33NO.C2H6/c1-7-12-15(6)13-17(19(21)11-5)18(10-4)20-14-16(8-2)9-3;1-2/h8,10,14-15,17H,7,9,11-13H2,1-6H3;1-2H3/b16-8-,18-10+,20-14+;. The number of carbonyl (C=O) groups excluding carboxylic acids is 1. The van der Waals surface area contributed by atoms with Gasteiger partial charge in [-0.1, -0.05) is 66.5 Å². The lowest BCUT2D eigenvalue weighted by atomic mass is 9.86. The number of ketones is 1. The van der Waals surface area contributed by atoms with E-state index >= 15 is 0 Å². The zero-order valence-electron chi connectivity index (χ0n) is 16.8. The smallest absolute Gasteiger partial charge is 0.141 e. The number of allylic oxidation sites excluding steroid dienone is 4. The van der Waals surface area contributed by atoms with Crippen molar-refractivity contribution in [2.45, 2.75) is 87.5 Å². The van der Waals surface area contributed by atoms with E-state index in [9.17, 15) is 4.79 Å². The molecular formula is C21H39NO. The Bertz CT molecular complexity index is 391. The van der Waals surface area contributed by atoms with Crippen molar-refractivity contribution in [3.05, 3.63) is 23.4 Å². The Morgan fingerprint density at radius 3 is 2.04 bits per heavy atom. The van der Waals surface area contributed by atoms with Crippen molar-refractivity contribution in [1.82, 2.24) is 0 Å². The van der Waals surface area contributed by atoms with E-state index < -0.39 is 0 Å². The summed E-state index contributed by atoms with van der Waals surface area (Å²) in [6.07, 6.45) is 10.8. The summed E-state index contributed by atoms with van der Waals surface area (Å²) in [4.78, 5) is 16.9. The fourth-order valence-electron chi connectivity index (χ4n) is 2.57. The van der Waals surface area contributed by atoms with Crippen LogP contribution >= 0.6 is 0 Å². The molecule has 0 amide bonds. The number of nitrogens with zero attached hydrogens (tertiary/aromatic N) is 1. The van der Waals surface area contributed by atoms with Crippen LogP contribution in [-0.2, 0) is 4.79 Å². The third kappa shape index (κ3) is 10.3. The highest BCUT2D eigenvalue weighted by atomic mass is 16.1. The first-order valence-electron chi connectivity index (χ1n) is 9.41. The number of hydrogen-bond acceptors (Lipinski definition) is 2. The summed E-state index contributed by atoms with van der Waals surface area (Å²) in [5.41, 5.74) is 2.14. The van der Waals surface area contributed by atoms with Gasteiger partial charge >= 0.3 is 0 Å². The predicted octanol–water partition coefficient (Wildman–Crippen LogP) is 6.77. The highest BCUT2D eigenvalue weighted by Gasteiger charge is 2.22. The Labute approximate surface area is 145 Å². The van der Waals surface area contributed by atoms with Gasteiger partial charge in [0.25, 0.3) is 0 Å². The van der Waals surface area contributed by atoms with Crippen molar-refractivity contribution < 1.29 is 4.79 Å². The van der Waals surface area contributed by atoms with Gasteiger partial charge in [0, 0.05) is 18.3 Å². The number of rotatable bonds is 10. The van der Waals surface area contributed by atoms with E-state index in [2.05, 4.69) is 31.8 Å². The van der Waals surface area contributed by atoms with Gasteiger partial charge in [0.2, 0.25) is 0 Å². The highest BCUT2D eigenvalue weighted by Crippen LogP contribution is 2.26. The molecule has 0 aliphatic heterocycles. The van der Waals surface area contributed by atoms with Crippen molar-refractivity contribution in [2.24, 2.45) is 16.8 Å². The Morgan fingerprint density at radius 2 is 1.65 bits per heavy atom. The monoisotopic (exact) mass is 321 g/mol. The molecule has 0 spiro atoms. The molecule has 0 bridgehead atoms. The first-order valence-corrected chi connectivity index (χ1v) is 9.41. The van der Waals surface area contributed by atoms with Crippen LogP contribution in [0.15, 0.2) is 28.4 Å². The maximum Gasteiger partial charge on any atom is 0.141 e. The van der Waals surface area contributed by atoms with Crippen LogP contribution in [0.25, 0.3) is 0 Å². The molecule has 0 N–H and O–H groups in total. The number of carbonyl (C=O) groups is 1. The molecule has 0 rings (SSSR count). The molecule has 0 fully saturated rings. The van der Waals surface area contributed by atoms with Crippen molar-refractivity contribution >= 4 is 12.0 Å². The third-order valence-corrected chi connectivity index (χ3v) is 3.97. The van der Waals surface area contributed by atoms with Gasteiger partial charge < -0.3 is 0 Å². The van der Waals surface area contributed by atoms with Crippen LogP contribution in [0.3, 0.4) is 0 Å². The summed E-state index contributed by atoms with van der Waals surface area (Å²) in [5.74, 6) is 0.822. The fourth-order valence-corrected chi connectivity index (χ4v) is 2.57. The Hall–Kier alpha value is -1.18. The van der Waals surface area contributed by atoms with E-state index in [1.165, 1.54) is 18.4 Å². The Balaban J connectivity index is 0. The minimum absolute atomic E-state index is 0.0484. The molecule has 0 aromatic heterocycles. The van der Waals surface area contributed by atoms with E-state index in [4.69, 9.17) is 0 Å². The molecule has 0 aromatic carbocycles. The van der Waals surface area contributed by atoms with Crippen molar-refractivity contribution in [3.8, 4) is 0 Å². The van der Waals surface area contributed by atoms with Crippen LogP contribution < -0.4 is 0 Å². The zero-order valence-corrected chi connectivity index (χ0v) is 16.8. The normalized spacial score (nSPS) is 15.1. The zero-order chi connectivity index (χ0) is 18.3. The molecular weight excluding hydrogens is 282 g/mol. The van der Waals surface area contributed by atoms with Gasteiger partial charge in [-0.15, -0.1) is 0 Å². The van der Waals surface area contributed by atoms with E-state index in [1.807, 2.05) is 46.9 Å². The van der Waals surface area contributed by atoms with Gasteiger partial charge in [0.05, 0.1) is 5.92 Å². The van der Waals surface area contributed by atoms with Crippen LogP contribution in [0, 0.1) is 11.8 Å². The summed E-state index contributed by atoms with van der Waals surface area (Å²) < 4.78 is 0. The van der Waals surface area contributed by atoms with Crippen molar-refractivity contribution in [2.75, 3.05) is 0 Å². The predicted molar refractivity (Wildman–Crippen MR) is 105 cm³/mol. The summed E-state index contributed by atoms with van der Waals surface area (Å²) >= 11 is 0. The summed E-state index contributed by atoms with van der Waals surface area (Å²) in [7, 11) is 0. The van der Waals surface area contributed by atoms with Crippen LogP contribution in [0.5, 0.6) is 0 Å². The number of hydrogen-bond donors (Lipinski definition) is 0. The molecule has 0 aromatic rings. The van der Waals surface area contributed by atoms with Gasteiger partial charge in [0.1, 0.15) is 5.78 Å². The lowest BCUT2D eigenvalue weighted by Crippen LogP contribution is -2.18. The molecule has 0 aliphatic rings. The average Bonchev–Trinajstić information content (AvgIpc) is 2.58. The molecule has 0 saturated heterocycles.